The lowest BCUT2D eigenvalue weighted by atomic mass is 10.1. The van der Waals surface area contributed by atoms with Gasteiger partial charge in [0.2, 0.25) is 0 Å². The Bertz CT molecular complexity index is 928. The average Bonchev–Trinajstić information content (AvgIpc) is 2.95. The molecule has 0 spiro atoms. The molecule has 1 fully saturated rings. The Balaban J connectivity index is 1.75. The molecular formula is C18H22N4O3S. The van der Waals surface area contributed by atoms with Crippen molar-refractivity contribution in [3.63, 3.8) is 0 Å². The van der Waals surface area contributed by atoms with E-state index < -0.39 is 9.84 Å². The lowest BCUT2D eigenvalue weighted by Crippen LogP contribution is -2.22. The lowest BCUT2D eigenvalue weighted by Gasteiger charge is -2.14. The molecule has 3 rings (SSSR count). The summed E-state index contributed by atoms with van der Waals surface area (Å²) in [6.45, 7) is 3.98. The van der Waals surface area contributed by atoms with E-state index in [0.29, 0.717) is 12.2 Å². The maximum absolute atomic E-state index is 12.6. The van der Waals surface area contributed by atoms with Crippen molar-refractivity contribution in [3.05, 3.63) is 47.4 Å². The van der Waals surface area contributed by atoms with Crippen LogP contribution < -0.4 is 10.6 Å². The van der Waals surface area contributed by atoms with Crippen LogP contribution in [0.1, 0.15) is 35.0 Å². The molecule has 8 heteroatoms. The maximum Gasteiger partial charge on any atom is 0.274 e. The number of aryl methyl sites for hydroxylation is 2. The zero-order valence-electron chi connectivity index (χ0n) is 14.8. The Kier molecular flexibility index (Phi) is 5.22. The summed E-state index contributed by atoms with van der Waals surface area (Å²) in [6, 6.07) is 7.25. The Morgan fingerprint density at radius 1 is 1.31 bits per heavy atom. The summed E-state index contributed by atoms with van der Waals surface area (Å²) in [4.78, 5) is 20.7. The number of nitrogens with one attached hydrogen (secondary N) is 2. The van der Waals surface area contributed by atoms with Gasteiger partial charge in [0.25, 0.3) is 5.91 Å². The van der Waals surface area contributed by atoms with Crippen molar-refractivity contribution in [2.24, 2.45) is 0 Å². The number of anilines is 2. The first kappa shape index (κ1) is 18.3. The molecule has 1 aromatic heterocycles. The van der Waals surface area contributed by atoms with Gasteiger partial charge in [-0.1, -0.05) is 25.1 Å². The van der Waals surface area contributed by atoms with Crippen molar-refractivity contribution in [3.8, 4) is 0 Å². The highest BCUT2D eigenvalue weighted by Crippen LogP contribution is 2.22. The zero-order chi connectivity index (χ0) is 18.7. The third kappa shape index (κ3) is 4.19. The van der Waals surface area contributed by atoms with Gasteiger partial charge in [0.15, 0.2) is 9.84 Å². The highest BCUT2D eigenvalue weighted by atomic mass is 32.2. The van der Waals surface area contributed by atoms with E-state index in [4.69, 9.17) is 0 Å². The van der Waals surface area contributed by atoms with E-state index in [1.165, 1.54) is 6.33 Å². The SMILES string of the molecule is CCc1cccc(C)c1NC(=O)c1cc(NC2CCS(=O)(=O)C2)ncn1. The minimum absolute atomic E-state index is 0.0849. The molecule has 0 bridgehead atoms. The van der Waals surface area contributed by atoms with Gasteiger partial charge in [0.05, 0.1) is 11.5 Å². The molecule has 1 saturated heterocycles. The van der Waals surface area contributed by atoms with Crippen LogP contribution in [0.15, 0.2) is 30.6 Å². The molecule has 7 nitrogen and oxygen atoms in total. The van der Waals surface area contributed by atoms with E-state index in [1.54, 1.807) is 6.07 Å². The quantitative estimate of drug-likeness (QED) is 0.832. The second-order valence-corrected chi connectivity index (χ2v) is 8.68. The van der Waals surface area contributed by atoms with Crippen molar-refractivity contribution >= 4 is 27.2 Å². The van der Waals surface area contributed by atoms with E-state index in [2.05, 4.69) is 20.6 Å². The minimum atomic E-state index is -2.98. The smallest absolute Gasteiger partial charge is 0.274 e. The summed E-state index contributed by atoms with van der Waals surface area (Å²) in [6.07, 6.45) is 2.65. The van der Waals surface area contributed by atoms with Gasteiger partial charge in [0.1, 0.15) is 17.8 Å². The van der Waals surface area contributed by atoms with Gasteiger partial charge in [-0.3, -0.25) is 4.79 Å². The number of para-hydroxylation sites is 1. The van der Waals surface area contributed by atoms with Gasteiger partial charge in [-0.15, -0.1) is 0 Å². The maximum atomic E-state index is 12.6. The van der Waals surface area contributed by atoms with Gasteiger partial charge in [-0.25, -0.2) is 18.4 Å². The Hall–Kier alpha value is -2.48. The largest absolute Gasteiger partial charge is 0.366 e. The topological polar surface area (TPSA) is 101 Å². The van der Waals surface area contributed by atoms with Crippen molar-refractivity contribution in [2.45, 2.75) is 32.7 Å². The molecule has 1 aromatic carbocycles. The van der Waals surface area contributed by atoms with Gasteiger partial charge in [-0.05, 0) is 30.9 Å². The number of rotatable bonds is 5. The summed E-state index contributed by atoms with van der Waals surface area (Å²) in [5.41, 5.74) is 3.08. The van der Waals surface area contributed by atoms with Crippen LogP contribution in [0.5, 0.6) is 0 Å². The third-order valence-electron chi connectivity index (χ3n) is 4.46. The Labute approximate surface area is 153 Å². The van der Waals surface area contributed by atoms with E-state index in [9.17, 15) is 13.2 Å². The fourth-order valence-electron chi connectivity index (χ4n) is 3.06. The Morgan fingerprint density at radius 2 is 2.12 bits per heavy atom. The molecule has 2 N–H and O–H groups in total. The van der Waals surface area contributed by atoms with Crippen LogP contribution in [0.25, 0.3) is 0 Å². The molecule has 0 aliphatic carbocycles. The van der Waals surface area contributed by atoms with Gasteiger partial charge in [-0.2, -0.15) is 0 Å². The fraction of sp³-hybridized carbons (Fsp3) is 0.389. The highest BCUT2D eigenvalue weighted by Gasteiger charge is 2.28. The zero-order valence-corrected chi connectivity index (χ0v) is 15.6. The second kappa shape index (κ2) is 7.41. The first-order valence-electron chi connectivity index (χ1n) is 8.57. The van der Waals surface area contributed by atoms with Crippen molar-refractivity contribution in [1.29, 1.82) is 0 Å². The summed E-state index contributed by atoms with van der Waals surface area (Å²) in [7, 11) is -2.98. The summed E-state index contributed by atoms with van der Waals surface area (Å²) >= 11 is 0. The molecule has 0 saturated carbocycles. The van der Waals surface area contributed by atoms with Crippen LogP contribution in [-0.4, -0.2) is 41.8 Å². The fourth-order valence-corrected chi connectivity index (χ4v) is 4.73. The number of sulfone groups is 1. The van der Waals surface area contributed by atoms with Gasteiger partial charge < -0.3 is 10.6 Å². The molecule has 2 aromatic rings. The van der Waals surface area contributed by atoms with Crippen molar-refractivity contribution in [2.75, 3.05) is 22.1 Å². The number of amides is 1. The standard InChI is InChI=1S/C18H22N4O3S/c1-3-13-6-4-5-12(2)17(13)22-18(23)15-9-16(20-11-19-15)21-14-7-8-26(24,25)10-14/h4-6,9,11,14H,3,7-8,10H2,1-2H3,(H,22,23)(H,19,20,21). The monoisotopic (exact) mass is 374 g/mol. The third-order valence-corrected chi connectivity index (χ3v) is 6.23. The molecule has 1 aliphatic heterocycles. The highest BCUT2D eigenvalue weighted by molar-refractivity contribution is 7.91. The summed E-state index contributed by atoms with van der Waals surface area (Å²) in [5.74, 6) is 0.392. The molecule has 1 aliphatic rings. The molecular weight excluding hydrogens is 352 g/mol. The summed E-state index contributed by atoms with van der Waals surface area (Å²) < 4.78 is 23.1. The van der Waals surface area contributed by atoms with Crippen LogP contribution >= 0.6 is 0 Å². The van der Waals surface area contributed by atoms with Crippen molar-refractivity contribution in [1.82, 2.24) is 9.97 Å². The molecule has 1 atom stereocenters. The average molecular weight is 374 g/mol. The lowest BCUT2D eigenvalue weighted by molar-refractivity contribution is 0.102. The summed E-state index contributed by atoms with van der Waals surface area (Å²) in [5, 5.41) is 6.01. The van der Waals surface area contributed by atoms with E-state index in [-0.39, 0.29) is 29.1 Å². The van der Waals surface area contributed by atoms with E-state index in [0.717, 1.165) is 23.2 Å². The van der Waals surface area contributed by atoms with Crippen molar-refractivity contribution < 1.29 is 13.2 Å². The van der Waals surface area contributed by atoms with E-state index >= 15 is 0 Å². The first-order valence-corrected chi connectivity index (χ1v) is 10.4. The number of nitrogens with zero attached hydrogens (tertiary/aromatic N) is 2. The predicted octanol–water partition coefficient (Wildman–Crippen LogP) is 2.20. The predicted molar refractivity (Wildman–Crippen MR) is 101 cm³/mol. The molecule has 0 radical (unpaired) electrons. The van der Waals surface area contributed by atoms with Crippen LogP contribution in [0.4, 0.5) is 11.5 Å². The molecule has 2 heterocycles. The van der Waals surface area contributed by atoms with Crippen LogP contribution in [-0.2, 0) is 16.3 Å². The number of aromatic nitrogens is 2. The van der Waals surface area contributed by atoms with E-state index in [1.807, 2.05) is 32.0 Å². The molecule has 1 amide bonds. The number of hydrogen-bond donors (Lipinski definition) is 2. The van der Waals surface area contributed by atoms with Crippen LogP contribution in [0, 0.1) is 6.92 Å². The number of hydrogen-bond acceptors (Lipinski definition) is 6. The number of carbonyl (C=O) groups is 1. The molecule has 138 valence electrons. The van der Waals surface area contributed by atoms with Crippen LogP contribution in [0.2, 0.25) is 0 Å². The van der Waals surface area contributed by atoms with Gasteiger partial charge in [0, 0.05) is 17.8 Å². The molecule has 1 unspecified atom stereocenters. The Morgan fingerprint density at radius 3 is 2.81 bits per heavy atom. The number of carbonyl (C=O) groups excluding carboxylic acids is 1. The van der Waals surface area contributed by atoms with Gasteiger partial charge >= 0.3 is 0 Å². The first-order chi connectivity index (χ1) is 12.4. The normalized spacial score (nSPS) is 18.5. The molecule has 26 heavy (non-hydrogen) atoms. The van der Waals surface area contributed by atoms with Crippen LogP contribution in [0.3, 0.4) is 0 Å². The minimum Gasteiger partial charge on any atom is -0.366 e. The second-order valence-electron chi connectivity index (χ2n) is 6.45. The number of benzene rings is 1.